The predicted octanol–water partition coefficient (Wildman–Crippen LogP) is 5.39. The molecular weight excluding hydrogens is 402 g/mol. The molecule has 0 radical (unpaired) electrons. The number of amides is 3. The number of para-hydroxylation sites is 2. The number of nitrogens with one attached hydrogen (secondary N) is 3. The van der Waals surface area contributed by atoms with Gasteiger partial charge in [-0.2, -0.15) is 5.10 Å². The molecule has 4 rings (SSSR count). The van der Waals surface area contributed by atoms with Gasteiger partial charge < -0.3 is 16.0 Å². The monoisotopic (exact) mass is 425 g/mol. The molecule has 32 heavy (non-hydrogen) atoms. The Bertz CT molecular complexity index is 1250. The van der Waals surface area contributed by atoms with Gasteiger partial charge in [-0.3, -0.25) is 4.79 Å². The van der Waals surface area contributed by atoms with Crippen molar-refractivity contribution >= 4 is 29.0 Å². The Balaban J connectivity index is 1.40. The normalized spacial score (nSPS) is 10.4. The summed E-state index contributed by atoms with van der Waals surface area (Å²) in [5.41, 5.74) is 5.20. The van der Waals surface area contributed by atoms with E-state index in [9.17, 15) is 9.59 Å². The van der Waals surface area contributed by atoms with Gasteiger partial charge in [0.25, 0.3) is 5.91 Å². The average molecular weight is 425 g/mol. The predicted molar refractivity (Wildman–Crippen MR) is 127 cm³/mol. The van der Waals surface area contributed by atoms with Gasteiger partial charge in [0.15, 0.2) is 0 Å². The number of carbonyl (C=O) groups excluding carboxylic acids is 2. The number of urea groups is 1. The Labute approximate surface area is 186 Å². The first-order chi connectivity index (χ1) is 15.5. The zero-order valence-corrected chi connectivity index (χ0v) is 17.8. The number of nitrogens with zero attached hydrogens (tertiary/aromatic N) is 2. The van der Waals surface area contributed by atoms with Crippen molar-refractivity contribution in [2.24, 2.45) is 0 Å². The lowest BCUT2D eigenvalue weighted by molar-refractivity contribution is 0.102. The average Bonchev–Trinajstić information content (AvgIpc) is 3.17. The van der Waals surface area contributed by atoms with Crippen LogP contribution in [0.15, 0.2) is 85.1 Å². The van der Waals surface area contributed by atoms with Crippen LogP contribution in [0.5, 0.6) is 0 Å². The van der Waals surface area contributed by atoms with Crippen LogP contribution in [0.25, 0.3) is 5.69 Å². The summed E-state index contributed by atoms with van der Waals surface area (Å²) in [5.74, 6) is -0.245. The van der Waals surface area contributed by atoms with Gasteiger partial charge in [0.05, 0.1) is 23.1 Å². The van der Waals surface area contributed by atoms with E-state index in [1.54, 1.807) is 47.3 Å². The molecule has 1 heterocycles. The lowest BCUT2D eigenvalue weighted by Gasteiger charge is -2.10. The molecule has 3 N–H and O–H groups in total. The lowest BCUT2D eigenvalue weighted by Crippen LogP contribution is -2.19. The van der Waals surface area contributed by atoms with E-state index in [1.165, 1.54) is 0 Å². The molecule has 4 aromatic rings. The third kappa shape index (κ3) is 4.67. The van der Waals surface area contributed by atoms with Crippen LogP contribution in [0, 0.1) is 13.8 Å². The molecule has 0 saturated heterocycles. The first kappa shape index (κ1) is 20.9. The topological polar surface area (TPSA) is 88.1 Å². The van der Waals surface area contributed by atoms with Crippen molar-refractivity contribution in [2.75, 3.05) is 16.0 Å². The van der Waals surface area contributed by atoms with Crippen LogP contribution in [0.2, 0.25) is 0 Å². The van der Waals surface area contributed by atoms with E-state index in [0.29, 0.717) is 22.6 Å². The van der Waals surface area contributed by atoms with Crippen LogP contribution < -0.4 is 16.0 Å². The molecule has 7 nitrogen and oxygen atoms in total. The molecule has 3 aromatic carbocycles. The third-order valence-electron chi connectivity index (χ3n) is 5.03. The highest BCUT2D eigenvalue weighted by Crippen LogP contribution is 2.20. The Hall–Kier alpha value is -4.39. The van der Waals surface area contributed by atoms with Crippen LogP contribution in [0.3, 0.4) is 0 Å². The molecule has 0 aliphatic rings. The Morgan fingerprint density at radius 1 is 0.719 bits per heavy atom. The minimum Gasteiger partial charge on any atom is -0.322 e. The molecule has 0 bridgehead atoms. The second-order valence-electron chi connectivity index (χ2n) is 7.32. The number of benzene rings is 3. The maximum atomic E-state index is 12.8. The first-order valence-electron chi connectivity index (χ1n) is 10.2. The summed E-state index contributed by atoms with van der Waals surface area (Å²) in [7, 11) is 0. The number of aryl methyl sites for hydroxylation is 1. The molecule has 0 fully saturated rings. The summed E-state index contributed by atoms with van der Waals surface area (Å²) in [5, 5.41) is 12.8. The summed E-state index contributed by atoms with van der Waals surface area (Å²) < 4.78 is 1.77. The van der Waals surface area contributed by atoms with Crippen molar-refractivity contribution in [1.29, 1.82) is 0 Å². The largest absolute Gasteiger partial charge is 0.323 e. The van der Waals surface area contributed by atoms with Gasteiger partial charge in [0.1, 0.15) is 0 Å². The molecule has 1 aromatic heterocycles. The number of aromatic nitrogens is 2. The highest BCUT2D eigenvalue weighted by molar-refractivity contribution is 6.05. The van der Waals surface area contributed by atoms with E-state index in [4.69, 9.17) is 0 Å². The molecule has 160 valence electrons. The van der Waals surface area contributed by atoms with E-state index in [1.807, 2.05) is 56.3 Å². The Morgan fingerprint density at radius 2 is 1.28 bits per heavy atom. The summed E-state index contributed by atoms with van der Waals surface area (Å²) >= 11 is 0. The van der Waals surface area contributed by atoms with Gasteiger partial charge in [0, 0.05) is 17.1 Å². The Kier molecular flexibility index (Phi) is 5.98. The Morgan fingerprint density at radius 3 is 1.94 bits per heavy atom. The van der Waals surface area contributed by atoms with E-state index < -0.39 is 0 Å². The van der Waals surface area contributed by atoms with Crippen LogP contribution in [0.1, 0.15) is 21.6 Å². The smallest absolute Gasteiger partial charge is 0.322 e. The van der Waals surface area contributed by atoms with Crippen molar-refractivity contribution in [1.82, 2.24) is 9.78 Å². The van der Waals surface area contributed by atoms with Crippen molar-refractivity contribution in [3.8, 4) is 5.69 Å². The van der Waals surface area contributed by atoms with Gasteiger partial charge in [-0.05, 0) is 61.9 Å². The molecule has 7 heteroatoms. The molecule has 3 amide bonds. The van der Waals surface area contributed by atoms with Crippen molar-refractivity contribution in [3.63, 3.8) is 0 Å². The first-order valence-corrected chi connectivity index (χ1v) is 10.2. The second-order valence-corrected chi connectivity index (χ2v) is 7.32. The molecule has 0 spiro atoms. The van der Waals surface area contributed by atoms with Gasteiger partial charge >= 0.3 is 6.03 Å². The quantitative estimate of drug-likeness (QED) is 0.401. The van der Waals surface area contributed by atoms with Gasteiger partial charge in [0.2, 0.25) is 0 Å². The summed E-state index contributed by atoms with van der Waals surface area (Å²) in [4.78, 5) is 24.9. The fourth-order valence-corrected chi connectivity index (χ4v) is 3.33. The standard InChI is InChI=1S/C25H23N5O2/c1-17-8-6-7-11-23(17)30-18(2)22(16-26-30)24(31)27-20-12-14-21(15-13-20)29-25(32)28-19-9-4-3-5-10-19/h3-16H,1-2H3,(H,27,31)(H2,28,29,32). The molecule has 0 unspecified atom stereocenters. The fraction of sp³-hybridized carbons (Fsp3) is 0.0800. The lowest BCUT2D eigenvalue weighted by atomic mass is 10.2. The van der Waals surface area contributed by atoms with E-state index in [2.05, 4.69) is 21.0 Å². The van der Waals surface area contributed by atoms with E-state index in [0.717, 1.165) is 16.9 Å². The van der Waals surface area contributed by atoms with Gasteiger partial charge in [-0.15, -0.1) is 0 Å². The number of anilines is 3. The fourth-order valence-electron chi connectivity index (χ4n) is 3.33. The summed E-state index contributed by atoms with van der Waals surface area (Å²) in [6.07, 6.45) is 1.57. The second kappa shape index (κ2) is 9.18. The van der Waals surface area contributed by atoms with Crippen LogP contribution in [-0.2, 0) is 0 Å². The number of hydrogen-bond acceptors (Lipinski definition) is 3. The minimum absolute atomic E-state index is 0.245. The zero-order valence-electron chi connectivity index (χ0n) is 17.8. The van der Waals surface area contributed by atoms with Crippen molar-refractivity contribution < 1.29 is 9.59 Å². The summed E-state index contributed by atoms with van der Waals surface area (Å²) in [6.45, 7) is 3.87. The van der Waals surface area contributed by atoms with Gasteiger partial charge in [-0.25, -0.2) is 9.48 Å². The number of carbonyl (C=O) groups is 2. The SMILES string of the molecule is Cc1ccccc1-n1ncc(C(=O)Nc2ccc(NC(=O)Nc3ccccc3)cc2)c1C. The maximum absolute atomic E-state index is 12.8. The highest BCUT2D eigenvalue weighted by Gasteiger charge is 2.16. The molecule has 0 aliphatic carbocycles. The highest BCUT2D eigenvalue weighted by atomic mass is 16.2. The molecule has 0 atom stereocenters. The van der Waals surface area contributed by atoms with E-state index >= 15 is 0 Å². The molecular formula is C25H23N5O2. The minimum atomic E-state index is -0.341. The third-order valence-corrected chi connectivity index (χ3v) is 5.03. The molecule has 0 saturated carbocycles. The van der Waals surface area contributed by atoms with Crippen LogP contribution in [0.4, 0.5) is 21.9 Å². The maximum Gasteiger partial charge on any atom is 0.323 e. The van der Waals surface area contributed by atoms with Crippen LogP contribution >= 0.6 is 0 Å². The van der Waals surface area contributed by atoms with E-state index in [-0.39, 0.29) is 11.9 Å². The number of hydrogen-bond donors (Lipinski definition) is 3. The van der Waals surface area contributed by atoms with Crippen molar-refractivity contribution in [2.45, 2.75) is 13.8 Å². The van der Waals surface area contributed by atoms with Crippen LogP contribution in [-0.4, -0.2) is 21.7 Å². The van der Waals surface area contributed by atoms with Crippen molar-refractivity contribution in [3.05, 3.63) is 102 Å². The zero-order chi connectivity index (χ0) is 22.5. The van der Waals surface area contributed by atoms with Gasteiger partial charge in [-0.1, -0.05) is 36.4 Å². The molecule has 0 aliphatic heterocycles. The summed E-state index contributed by atoms with van der Waals surface area (Å²) in [6, 6.07) is 23.7. The number of rotatable bonds is 5.